The van der Waals surface area contributed by atoms with Crippen LogP contribution in [0.3, 0.4) is 0 Å². The van der Waals surface area contributed by atoms with E-state index < -0.39 is 8.53 Å². The quantitative estimate of drug-likeness (QED) is 0.465. The third kappa shape index (κ3) is 5.30. The molecular formula is C15H29N2O2P. The Labute approximate surface area is 125 Å². The Morgan fingerprint density at radius 3 is 2.30 bits per heavy atom. The second kappa shape index (κ2) is 8.95. The van der Waals surface area contributed by atoms with Crippen molar-refractivity contribution in [2.75, 3.05) is 6.61 Å². The van der Waals surface area contributed by atoms with Gasteiger partial charge < -0.3 is 9.05 Å². The molecule has 0 heterocycles. The molecule has 0 aromatic rings. The summed E-state index contributed by atoms with van der Waals surface area (Å²) in [5, 5.41) is 8.66. The smallest absolute Gasteiger partial charge is 0.259 e. The fraction of sp³-hybridized carbons (Fsp3) is 0.933. The molecule has 1 fully saturated rings. The van der Waals surface area contributed by atoms with E-state index in [1.807, 2.05) is 0 Å². The van der Waals surface area contributed by atoms with Crippen molar-refractivity contribution in [3.63, 3.8) is 0 Å². The number of rotatable bonds is 9. The maximum Gasteiger partial charge on any atom is 0.259 e. The van der Waals surface area contributed by atoms with E-state index in [4.69, 9.17) is 14.3 Å². The Kier molecular flexibility index (Phi) is 7.99. The van der Waals surface area contributed by atoms with Gasteiger partial charge in [0.1, 0.15) is 0 Å². The standard InChI is InChI=1S/C15H29N2O2P/c1-6-14-10-15(11-14)19-20(18-9-7-8-16)17(12(2)3)13(4)5/h12-15H,6-7,9-11H2,1-5H3. The maximum atomic E-state index is 8.66. The molecule has 4 nitrogen and oxygen atoms in total. The molecule has 20 heavy (non-hydrogen) atoms. The number of nitrogens with zero attached hydrogens (tertiary/aromatic N) is 2. The van der Waals surface area contributed by atoms with E-state index in [9.17, 15) is 0 Å². The van der Waals surface area contributed by atoms with Crippen LogP contribution in [-0.4, -0.2) is 29.5 Å². The molecule has 1 aliphatic carbocycles. The average Bonchev–Trinajstić information content (AvgIpc) is 2.31. The summed E-state index contributed by atoms with van der Waals surface area (Å²) >= 11 is 0. The van der Waals surface area contributed by atoms with Crippen LogP contribution < -0.4 is 0 Å². The first-order valence-corrected chi connectivity index (χ1v) is 8.87. The fourth-order valence-corrected chi connectivity index (χ4v) is 4.25. The van der Waals surface area contributed by atoms with Crippen molar-refractivity contribution < 1.29 is 9.05 Å². The van der Waals surface area contributed by atoms with Crippen LogP contribution >= 0.6 is 8.53 Å². The van der Waals surface area contributed by atoms with E-state index >= 15 is 0 Å². The lowest BCUT2D eigenvalue weighted by atomic mass is 9.81. The molecule has 0 aromatic heterocycles. The minimum atomic E-state index is -1.05. The van der Waals surface area contributed by atoms with Crippen LogP contribution in [0.2, 0.25) is 0 Å². The van der Waals surface area contributed by atoms with Crippen molar-refractivity contribution in [1.82, 2.24) is 4.67 Å². The predicted octanol–water partition coefficient (Wildman–Crippen LogP) is 4.47. The van der Waals surface area contributed by atoms with Crippen LogP contribution in [0.15, 0.2) is 0 Å². The van der Waals surface area contributed by atoms with Gasteiger partial charge in [-0.3, -0.25) is 0 Å². The minimum absolute atomic E-state index is 0.341. The summed E-state index contributed by atoms with van der Waals surface area (Å²) in [6, 6.07) is 2.89. The monoisotopic (exact) mass is 300 g/mol. The summed E-state index contributed by atoms with van der Waals surface area (Å²) < 4.78 is 14.4. The largest absolute Gasteiger partial charge is 0.321 e. The Bertz CT molecular complexity index is 303. The van der Waals surface area contributed by atoms with Crippen LogP contribution in [0.4, 0.5) is 0 Å². The molecule has 0 bridgehead atoms. The molecule has 5 heteroatoms. The Balaban J connectivity index is 2.57. The molecular weight excluding hydrogens is 271 g/mol. The zero-order valence-electron chi connectivity index (χ0n) is 13.5. The second-order valence-electron chi connectivity index (χ2n) is 6.02. The normalized spacial score (nSPS) is 23.9. The Morgan fingerprint density at radius 1 is 1.25 bits per heavy atom. The van der Waals surface area contributed by atoms with Crippen LogP contribution in [0.25, 0.3) is 0 Å². The topological polar surface area (TPSA) is 45.5 Å². The minimum Gasteiger partial charge on any atom is -0.321 e. The van der Waals surface area contributed by atoms with E-state index in [1.165, 1.54) is 6.42 Å². The molecule has 116 valence electrons. The summed E-state index contributed by atoms with van der Waals surface area (Å²) in [6.45, 7) is 11.4. The number of hydrogen-bond donors (Lipinski definition) is 0. The molecule has 1 aliphatic rings. The van der Waals surface area contributed by atoms with E-state index in [0.717, 1.165) is 18.8 Å². The molecule has 0 amide bonds. The molecule has 1 rings (SSSR count). The lowest BCUT2D eigenvalue weighted by molar-refractivity contribution is 0.0423. The predicted molar refractivity (Wildman–Crippen MR) is 83.1 cm³/mol. The van der Waals surface area contributed by atoms with Gasteiger partial charge in [-0.05, 0) is 46.5 Å². The lowest BCUT2D eigenvalue weighted by Crippen LogP contribution is -2.37. The fourth-order valence-electron chi connectivity index (χ4n) is 2.52. The summed E-state index contributed by atoms with van der Waals surface area (Å²) in [5.41, 5.74) is 0. The SMILES string of the molecule is CCC1CC(OP(OCCC#N)N(C(C)C)C(C)C)C1. The maximum absolute atomic E-state index is 8.66. The highest BCUT2D eigenvalue weighted by molar-refractivity contribution is 7.44. The molecule has 0 radical (unpaired) electrons. The van der Waals surface area contributed by atoms with Gasteiger partial charge in [0.05, 0.1) is 25.2 Å². The average molecular weight is 300 g/mol. The zero-order chi connectivity index (χ0) is 15.1. The van der Waals surface area contributed by atoms with Gasteiger partial charge in [-0.15, -0.1) is 0 Å². The summed E-state index contributed by atoms with van der Waals surface area (Å²) in [4.78, 5) is 0. The van der Waals surface area contributed by atoms with Gasteiger partial charge >= 0.3 is 0 Å². The third-order valence-corrected chi connectivity index (χ3v) is 5.85. The highest BCUT2D eigenvalue weighted by Gasteiger charge is 2.35. The molecule has 0 aliphatic heterocycles. The lowest BCUT2D eigenvalue weighted by Gasteiger charge is -2.41. The summed E-state index contributed by atoms with van der Waals surface area (Å²) in [7, 11) is -1.05. The molecule has 0 saturated heterocycles. The van der Waals surface area contributed by atoms with Crippen LogP contribution in [0.1, 0.15) is 60.3 Å². The van der Waals surface area contributed by atoms with Crippen molar-refractivity contribution in [2.45, 2.75) is 78.5 Å². The molecule has 0 spiro atoms. The van der Waals surface area contributed by atoms with Crippen LogP contribution in [0, 0.1) is 17.2 Å². The van der Waals surface area contributed by atoms with Crippen LogP contribution in [0.5, 0.6) is 0 Å². The summed E-state index contributed by atoms with van der Waals surface area (Å²) in [6.07, 6.45) is 4.31. The molecule has 0 aromatic carbocycles. The first-order valence-electron chi connectivity index (χ1n) is 7.74. The Hall–Kier alpha value is -0.200. The van der Waals surface area contributed by atoms with Gasteiger partial charge in [-0.1, -0.05) is 13.3 Å². The van der Waals surface area contributed by atoms with E-state index in [1.54, 1.807) is 0 Å². The first kappa shape index (κ1) is 17.9. The van der Waals surface area contributed by atoms with Gasteiger partial charge in [0.15, 0.2) is 0 Å². The molecule has 1 saturated carbocycles. The van der Waals surface area contributed by atoms with Gasteiger partial charge in [0.2, 0.25) is 0 Å². The zero-order valence-corrected chi connectivity index (χ0v) is 14.4. The van der Waals surface area contributed by atoms with E-state index in [2.05, 4.69) is 45.4 Å². The number of hydrogen-bond acceptors (Lipinski definition) is 4. The molecule has 1 atom stereocenters. The van der Waals surface area contributed by atoms with Crippen molar-refractivity contribution in [2.24, 2.45) is 5.92 Å². The van der Waals surface area contributed by atoms with Crippen molar-refractivity contribution in [3.05, 3.63) is 0 Å². The van der Waals surface area contributed by atoms with Crippen molar-refractivity contribution >= 4 is 8.53 Å². The van der Waals surface area contributed by atoms with Crippen LogP contribution in [-0.2, 0) is 9.05 Å². The highest BCUT2D eigenvalue weighted by Crippen LogP contribution is 2.50. The first-order chi connectivity index (χ1) is 9.49. The summed E-state index contributed by atoms with van der Waals surface area (Å²) in [5.74, 6) is 0.822. The third-order valence-electron chi connectivity index (χ3n) is 3.67. The molecule has 1 unspecified atom stereocenters. The van der Waals surface area contributed by atoms with Crippen molar-refractivity contribution in [1.29, 1.82) is 5.26 Å². The second-order valence-corrected chi connectivity index (χ2v) is 7.43. The van der Waals surface area contributed by atoms with Gasteiger partial charge in [0.25, 0.3) is 8.53 Å². The Morgan fingerprint density at radius 2 is 1.85 bits per heavy atom. The molecule has 0 N–H and O–H groups in total. The van der Waals surface area contributed by atoms with Crippen molar-refractivity contribution in [3.8, 4) is 6.07 Å². The van der Waals surface area contributed by atoms with E-state index in [-0.39, 0.29) is 0 Å². The van der Waals surface area contributed by atoms with Gasteiger partial charge in [0, 0.05) is 12.1 Å². The van der Waals surface area contributed by atoms with Gasteiger partial charge in [-0.25, -0.2) is 4.67 Å². The number of nitriles is 1. The highest BCUT2D eigenvalue weighted by atomic mass is 31.2. The van der Waals surface area contributed by atoms with E-state index in [0.29, 0.717) is 31.2 Å². The van der Waals surface area contributed by atoms with Gasteiger partial charge in [-0.2, -0.15) is 5.26 Å².